The Morgan fingerprint density at radius 3 is 1.39 bits per heavy atom. The molecular formula is C52H58F6N6O8. The second-order valence-corrected chi connectivity index (χ2v) is 18.7. The van der Waals surface area contributed by atoms with Crippen LogP contribution >= 0.6 is 0 Å². The Kier molecular flexibility index (Phi) is 16.9. The number of ether oxygens (including phenoxy) is 4. The van der Waals surface area contributed by atoms with Crippen LogP contribution in [0.1, 0.15) is 104 Å². The fraction of sp³-hybridized carbons (Fsp3) is 0.385. The first-order chi connectivity index (χ1) is 33.5. The standard InChI is InChI=1S/C26H30F3N3O4.C26H28F3N3O4/c2*1-7-17-13-20(31(11-10-26(27,28)29)24(34)36-25(3,4)5)22-30-14-21(32(22)15-17)18-8-9-19(16(2)12-18)23(33)35-6/h8-9,12-15H,7,10-11H2,1-6H3;7-9,12-15H,1,10-11H2,2-6H3. The fourth-order valence-corrected chi connectivity index (χ4v) is 7.40. The van der Waals surface area contributed by atoms with Crippen LogP contribution in [-0.4, -0.2) is 93.8 Å². The largest absolute Gasteiger partial charge is 0.465 e. The van der Waals surface area contributed by atoms with Crippen LogP contribution < -0.4 is 9.80 Å². The van der Waals surface area contributed by atoms with Gasteiger partial charge >= 0.3 is 36.5 Å². The van der Waals surface area contributed by atoms with E-state index in [-0.39, 0.29) is 17.0 Å². The van der Waals surface area contributed by atoms with Crippen molar-refractivity contribution < 1.29 is 64.5 Å². The van der Waals surface area contributed by atoms with Crippen molar-refractivity contribution >= 4 is 52.9 Å². The maximum absolute atomic E-state index is 13.1. The minimum absolute atomic E-state index is 0.153. The number of carbonyl (C=O) groups excluding carboxylic acids is 4. The number of alkyl halides is 6. The van der Waals surface area contributed by atoms with Crippen LogP contribution in [-0.2, 0) is 25.4 Å². The number of methoxy groups -OCH3 is 2. The number of benzene rings is 2. The number of rotatable bonds is 12. The van der Waals surface area contributed by atoms with E-state index in [2.05, 4.69) is 16.5 Å². The summed E-state index contributed by atoms with van der Waals surface area (Å²) < 4.78 is 103. The lowest BCUT2D eigenvalue weighted by Crippen LogP contribution is -2.39. The molecular weight excluding hydrogens is 951 g/mol. The zero-order valence-electron chi connectivity index (χ0n) is 42.0. The van der Waals surface area contributed by atoms with Crippen molar-refractivity contribution in [2.24, 2.45) is 0 Å². The summed E-state index contributed by atoms with van der Waals surface area (Å²) >= 11 is 0. The average Bonchev–Trinajstić information content (AvgIpc) is 3.91. The molecule has 0 atom stereocenters. The van der Waals surface area contributed by atoms with Crippen molar-refractivity contribution in [2.75, 3.05) is 37.1 Å². The Balaban J connectivity index is 0.000000267. The van der Waals surface area contributed by atoms with E-state index in [9.17, 15) is 45.5 Å². The number of esters is 2. The highest BCUT2D eigenvalue weighted by Crippen LogP contribution is 2.34. The van der Waals surface area contributed by atoms with Gasteiger partial charge in [0.25, 0.3) is 0 Å². The minimum Gasteiger partial charge on any atom is -0.465 e. The molecule has 0 spiro atoms. The Morgan fingerprint density at radius 2 is 1.04 bits per heavy atom. The number of pyridine rings is 2. The Bertz CT molecular complexity index is 2980. The zero-order valence-corrected chi connectivity index (χ0v) is 42.0. The topological polar surface area (TPSA) is 146 Å². The second kappa shape index (κ2) is 21.9. The van der Waals surface area contributed by atoms with Gasteiger partial charge in [-0.3, -0.25) is 18.6 Å². The molecule has 72 heavy (non-hydrogen) atoms. The number of fused-ring (bicyclic) bond motifs is 2. The van der Waals surface area contributed by atoms with Crippen molar-refractivity contribution in [3.63, 3.8) is 0 Å². The lowest BCUT2D eigenvalue weighted by molar-refractivity contribution is -0.133. The van der Waals surface area contributed by atoms with Gasteiger partial charge in [-0.1, -0.05) is 31.7 Å². The van der Waals surface area contributed by atoms with E-state index in [1.165, 1.54) is 20.3 Å². The quantitative estimate of drug-likeness (QED) is 0.0659. The molecule has 0 aliphatic rings. The van der Waals surface area contributed by atoms with E-state index < -0.39 is 73.6 Å². The highest BCUT2D eigenvalue weighted by Gasteiger charge is 2.35. The molecule has 6 rings (SSSR count). The fourth-order valence-electron chi connectivity index (χ4n) is 7.40. The monoisotopic (exact) mass is 1010 g/mol. The average molecular weight is 1010 g/mol. The smallest absolute Gasteiger partial charge is 0.414 e. The summed E-state index contributed by atoms with van der Waals surface area (Å²) in [6.07, 6.45) is -4.38. The normalized spacial score (nSPS) is 12.0. The summed E-state index contributed by atoms with van der Waals surface area (Å²) in [7, 11) is 2.61. The van der Waals surface area contributed by atoms with E-state index in [4.69, 9.17) is 18.9 Å². The molecule has 6 aromatic rings. The first kappa shape index (κ1) is 55.5. The third-order valence-corrected chi connectivity index (χ3v) is 10.8. The summed E-state index contributed by atoms with van der Waals surface area (Å²) in [6.45, 7) is 17.8. The van der Waals surface area contributed by atoms with Crippen LogP contribution in [0.25, 0.3) is 39.9 Å². The summed E-state index contributed by atoms with van der Waals surface area (Å²) in [5, 5.41) is 0. The van der Waals surface area contributed by atoms with Gasteiger partial charge in [-0.25, -0.2) is 29.1 Å². The van der Waals surface area contributed by atoms with Crippen molar-refractivity contribution in [1.29, 1.82) is 0 Å². The Morgan fingerprint density at radius 1 is 0.639 bits per heavy atom. The number of hydrogen-bond donors (Lipinski definition) is 0. The van der Waals surface area contributed by atoms with Gasteiger partial charge in [-0.2, -0.15) is 26.3 Å². The van der Waals surface area contributed by atoms with Gasteiger partial charge in [0.1, 0.15) is 11.2 Å². The third kappa shape index (κ3) is 13.9. The van der Waals surface area contributed by atoms with Gasteiger partial charge in [-0.15, -0.1) is 0 Å². The molecule has 0 radical (unpaired) electrons. The first-order valence-electron chi connectivity index (χ1n) is 22.6. The lowest BCUT2D eigenvalue weighted by Gasteiger charge is -2.28. The Hall–Kier alpha value is -7.38. The lowest BCUT2D eigenvalue weighted by atomic mass is 10.0. The second-order valence-electron chi connectivity index (χ2n) is 18.7. The van der Waals surface area contributed by atoms with Crippen LogP contribution in [0.15, 0.2) is 79.9 Å². The molecule has 2 amide bonds. The number of imidazole rings is 2. The molecule has 0 bridgehead atoms. The van der Waals surface area contributed by atoms with Gasteiger partial charge < -0.3 is 18.9 Å². The molecule has 0 N–H and O–H groups in total. The van der Waals surface area contributed by atoms with Crippen molar-refractivity contribution in [3.05, 3.63) is 113 Å². The van der Waals surface area contributed by atoms with Crippen LogP contribution in [0.4, 0.5) is 47.3 Å². The summed E-state index contributed by atoms with van der Waals surface area (Å²) in [6, 6.07) is 13.5. The van der Waals surface area contributed by atoms with Crippen LogP contribution in [0, 0.1) is 13.8 Å². The van der Waals surface area contributed by atoms with E-state index in [1.807, 2.05) is 19.2 Å². The predicted molar refractivity (Wildman–Crippen MR) is 261 cm³/mol. The van der Waals surface area contributed by atoms with Crippen LogP contribution in [0.2, 0.25) is 0 Å². The number of nitrogens with zero attached hydrogens (tertiary/aromatic N) is 6. The number of halogens is 6. The molecule has 4 heterocycles. The number of amides is 2. The number of aryl methyl sites for hydroxylation is 3. The van der Waals surface area contributed by atoms with Crippen molar-refractivity contribution in [3.8, 4) is 22.5 Å². The van der Waals surface area contributed by atoms with Crippen LogP contribution in [0.3, 0.4) is 0 Å². The molecule has 0 saturated heterocycles. The zero-order chi connectivity index (χ0) is 53.7. The highest BCUT2D eigenvalue weighted by molar-refractivity contribution is 5.96. The summed E-state index contributed by atoms with van der Waals surface area (Å²) in [4.78, 5) is 60.8. The maximum Gasteiger partial charge on any atom is 0.414 e. The number of hydrogen-bond acceptors (Lipinski definition) is 10. The summed E-state index contributed by atoms with van der Waals surface area (Å²) in [5.41, 5.74) is 5.40. The molecule has 0 aliphatic heterocycles. The summed E-state index contributed by atoms with van der Waals surface area (Å²) in [5.74, 6) is -0.920. The maximum atomic E-state index is 13.1. The van der Waals surface area contributed by atoms with Crippen LogP contribution in [0.5, 0.6) is 0 Å². The van der Waals surface area contributed by atoms with Gasteiger partial charge in [0.2, 0.25) is 0 Å². The number of aromatic nitrogens is 4. The molecule has 4 aromatic heterocycles. The van der Waals surface area contributed by atoms with E-state index >= 15 is 0 Å². The van der Waals surface area contributed by atoms with Gasteiger partial charge in [-0.05, 0) is 120 Å². The number of carbonyl (C=O) groups is 4. The van der Waals surface area contributed by atoms with E-state index in [1.54, 1.807) is 125 Å². The van der Waals surface area contributed by atoms with E-state index in [0.717, 1.165) is 20.9 Å². The van der Waals surface area contributed by atoms with Crippen molar-refractivity contribution in [1.82, 2.24) is 18.8 Å². The number of anilines is 2. The minimum atomic E-state index is -4.48. The van der Waals surface area contributed by atoms with Gasteiger partial charge in [0.15, 0.2) is 11.3 Å². The third-order valence-electron chi connectivity index (χ3n) is 10.8. The van der Waals surface area contributed by atoms with E-state index in [0.29, 0.717) is 56.8 Å². The SMILES string of the molecule is C=Cc1cc(N(CCC(F)(F)F)C(=O)OC(C)(C)C)c2ncc(-c3ccc(C(=O)OC)c(C)c3)n2c1.CCc1cc(N(CCC(F)(F)F)C(=O)OC(C)(C)C)c2ncc(-c3ccc(C(=O)OC)c(C)c3)n2c1. The molecule has 386 valence electrons. The molecule has 0 unspecified atom stereocenters. The molecule has 0 aliphatic carbocycles. The highest BCUT2D eigenvalue weighted by atomic mass is 19.4. The molecule has 0 fully saturated rings. The molecule has 0 saturated carbocycles. The van der Waals surface area contributed by atoms with Gasteiger partial charge in [0, 0.05) is 36.6 Å². The Labute approximate surface area is 413 Å². The van der Waals surface area contributed by atoms with Gasteiger partial charge in [0.05, 0.1) is 73.3 Å². The molecule has 14 nitrogen and oxygen atoms in total. The predicted octanol–water partition coefficient (Wildman–Crippen LogP) is 12.8. The molecule has 2 aromatic carbocycles. The first-order valence-corrected chi connectivity index (χ1v) is 22.6. The van der Waals surface area contributed by atoms with Crippen molar-refractivity contribution in [2.45, 2.75) is 105 Å². The molecule has 20 heteroatoms.